The maximum Gasteiger partial charge on any atom is 0.239 e. The highest BCUT2D eigenvalue weighted by molar-refractivity contribution is 5.88. The summed E-state index contributed by atoms with van der Waals surface area (Å²) in [6.07, 6.45) is 0. The largest absolute Gasteiger partial charge is 0.488 e. The van der Waals surface area contributed by atoms with Gasteiger partial charge in [0.1, 0.15) is 43.1 Å². The van der Waals surface area contributed by atoms with E-state index >= 15 is 0 Å². The van der Waals surface area contributed by atoms with Crippen LogP contribution < -0.4 is 24.4 Å². The van der Waals surface area contributed by atoms with E-state index in [0.29, 0.717) is 59.4 Å². The second-order valence-corrected chi connectivity index (χ2v) is 12.4. The minimum Gasteiger partial charge on any atom is -0.488 e. The average Bonchev–Trinajstić information content (AvgIpc) is 3.17. The number of aryl methyl sites for hydroxylation is 1. The molecular formula is C45H38O6. The van der Waals surface area contributed by atoms with Gasteiger partial charge in [-0.2, -0.15) is 0 Å². The minimum absolute atomic E-state index is 0.0924. The molecule has 0 bridgehead atoms. The summed E-state index contributed by atoms with van der Waals surface area (Å²) in [5.74, 6) is 1.97. The molecule has 0 saturated carbocycles. The molecule has 0 radical (unpaired) electrons. The van der Waals surface area contributed by atoms with Crippen molar-refractivity contribution < 1.29 is 23.4 Å². The maximum absolute atomic E-state index is 14.6. The molecule has 7 rings (SSSR count). The Morgan fingerprint density at radius 2 is 0.941 bits per heavy atom. The first-order chi connectivity index (χ1) is 25.0. The molecule has 0 aliphatic heterocycles. The van der Waals surface area contributed by atoms with Crippen LogP contribution in [-0.2, 0) is 26.4 Å². The molecule has 6 heteroatoms. The van der Waals surface area contributed by atoms with Gasteiger partial charge in [0.05, 0.1) is 0 Å². The normalized spacial score (nSPS) is 10.9. The molecule has 254 valence electrons. The SMILES string of the molecule is Cc1cc(OCc2ccccc2)c2c(=O)c(OCc3ccccc3)c(-c3ccc(OCc4ccccc4)c(OCc4ccccc4)c3C)oc2c1. The Bertz CT molecular complexity index is 2280. The lowest BCUT2D eigenvalue weighted by Crippen LogP contribution is -2.12. The molecule has 51 heavy (non-hydrogen) atoms. The third kappa shape index (κ3) is 7.81. The standard InChI is InChI=1S/C45H38O6/c1-31-25-39(48-28-34-17-9-4-10-18-34)41-40(26-31)51-44(45(42(41)46)50-30-36-21-13-6-14-22-36)37-23-24-38(47-27-33-15-7-3-8-16-33)43(32(37)2)49-29-35-19-11-5-12-20-35/h3-26H,27-30H2,1-2H3. The summed E-state index contributed by atoms with van der Waals surface area (Å²) in [6, 6.07) is 47.0. The lowest BCUT2D eigenvalue weighted by atomic mass is 10.0. The molecule has 6 aromatic carbocycles. The number of fused-ring (bicyclic) bond motifs is 1. The van der Waals surface area contributed by atoms with Crippen molar-refractivity contribution in [3.63, 3.8) is 0 Å². The fraction of sp³-hybridized carbons (Fsp3) is 0.133. The number of hydrogen-bond acceptors (Lipinski definition) is 6. The number of ether oxygens (including phenoxy) is 4. The first-order valence-electron chi connectivity index (χ1n) is 17.0. The van der Waals surface area contributed by atoms with Crippen LogP contribution >= 0.6 is 0 Å². The molecule has 0 atom stereocenters. The summed E-state index contributed by atoms with van der Waals surface area (Å²) in [5, 5.41) is 0.323. The van der Waals surface area contributed by atoms with E-state index in [1.165, 1.54) is 0 Å². The van der Waals surface area contributed by atoms with E-state index < -0.39 is 0 Å². The molecule has 0 N–H and O–H groups in total. The molecule has 0 aliphatic rings. The fourth-order valence-corrected chi connectivity index (χ4v) is 5.96. The van der Waals surface area contributed by atoms with Gasteiger partial charge in [0.25, 0.3) is 0 Å². The van der Waals surface area contributed by atoms with Crippen LogP contribution in [0.3, 0.4) is 0 Å². The van der Waals surface area contributed by atoms with Gasteiger partial charge in [-0.05, 0) is 65.9 Å². The van der Waals surface area contributed by atoms with Gasteiger partial charge in [0.2, 0.25) is 11.2 Å². The van der Waals surface area contributed by atoms with Gasteiger partial charge in [-0.3, -0.25) is 4.79 Å². The molecule has 0 amide bonds. The van der Waals surface area contributed by atoms with E-state index in [4.69, 9.17) is 23.4 Å². The smallest absolute Gasteiger partial charge is 0.239 e. The zero-order chi connectivity index (χ0) is 35.0. The fourth-order valence-electron chi connectivity index (χ4n) is 5.96. The van der Waals surface area contributed by atoms with Crippen LogP contribution in [0.1, 0.15) is 33.4 Å². The highest BCUT2D eigenvalue weighted by Crippen LogP contribution is 2.43. The maximum atomic E-state index is 14.6. The lowest BCUT2D eigenvalue weighted by Gasteiger charge is -2.19. The van der Waals surface area contributed by atoms with Gasteiger partial charge in [-0.15, -0.1) is 0 Å². The summed E-state index contributed by atoms with van der Waals surface area (Å²) in [4.78, 5) is 14.6. The van der Waals surface area contributed by atoms with Crippen LogP contribution in [0.5, 0.6) is 23.0 Å². The molecule has 0 fully saturated rings. The van der Waals surface area contributed by atoms with Crippen molar-refractivity contribution in [3.8, 4) is 34.3 Å². The highest BCUT2D eigenvalue weighted by atomic mass is 16.5. The third-order valence-electron chi connectivity index (χ3n) is 8.60. The lowest BCUT2D eigenvalue weighted by molar-refractivity contribution is 0.254. The van der Waals surface area contributed by atoms with Gasteiger partial charge in [-0.1, -0.05) is 121 Å². The van der Waals surface area contributed by atoms with Gasteiger partial charge >= 0.3 is 0 Å². The van der Waals surface area contributed by atoms with E-state index in [1.807, 2.05) is 159 Å². The Labute approximate surface area is 297 Å². The van der Waals surface area contributed by atoms with Crippen molar-refractivity contribution in [1.82, 2.24) is 0 Å². The summed E-state index contributed by atoms with van der Waals surface area (Å²) in [5.41, 5.74) is 6.33. The van der Waals surface area contributed by atoms with Gasteiger partial charge < -0.3 is 23.4 Å². The monoisotopic (exact) mass is 674 g/mol. The predicted octanol–water partition coefficient (Wildman–Crippen LogP) is 10.4. The van der Waals surface area contributed by atoms with Crippen LogP contribution in [0.15, 0.2) is 155 Å². The first-order valence-corrected chi connectivity index (χ1v) is 17.0. The number of benzene rings is 6. The van der Waals surface area contributed by atoms with Crippen LogP contribution in [-0.4, -0.2) is 0 Å². The van der Waals surface area contributed by atoms with Crippen molar-refractivity contribution in [1.29, 1.82) is 0 Å². The molecule has 1 heterocycles. The van der Waals surface area contributed by atoms with Crippen molar-refractivity contribution in [3.05, 3.63) is 189 Å². The second-order valence-electron chi connectivity index (χ2n) is 12.4. The molecule has 0 unspecified atom stereocenters. The highest BCUT2D eigenvalue weighted by Gasteiger charge is 2.25. The Morgan fingerprint density at radius 1 is 0.490 bits per heavy atom. The Kier molecular flexibility index (Phi) is 10.1. The van der Waals surface area contributed by atoms with Gasteiger partial charge in [0.15, 0.2) is 17.3 Å². The van der Waals surface area contributed by atoms with E-state index in [1.54, 1.807) is 0 Å². The van der Waals surface area contributed by atoms with Crippen molar-refractivity contribution in [2.45, 2.75) is 40.3 Å². The van der Waals surface area contributed by atoms with E-state index in [2.05, 4.69) is 0 Å². The quantitative estimate of drug-likeness (QED) is 0.121. The van der Waals surface area contributed by atoms with Crippen molar-refractivity contribution in [2.75, 3.05) is 0 Å². The van der Waals surface area contributed by atoms with Gasteiger partial charge in [-0.25, -0.2) is 0 Å². The van der Waals surface area contributed by atoms with E-state index in [0.717, 1.165) is 33.4 Å². The molecule has 0 aliphatic carbocycles. The molecule has 1 aromatic heterocycles. The third-order valence-corrected chi connectivity index (χ3v) is 8.60. The van der Waals surface area contributed by atoms with Crippen molar-refractivity contribution in [2.24, 2.45) is 0 Å². The van der Waals surface area contributed by atoms with Crippen LogP contribution in [0.4, 0.5) is 0 Å². The zero-order valence-corrected chi connectivity index (χ0v) is 28.6. The van der Waals surface area contributed by atoms with Crippen molar-refractivity contribution >= 4 is 11.0 Å². The van der Waals surface area contributed by atoms with Crippen LogP contribution in [0.2, 0.25) is 0 Å². The molecular weight excluding hydrogens is 636 g/mol. The van der Waals surface area contributed by atoms with E-state index in [-0.39, 0.29) is 17.8 Å². The average molecular weight is 675 g/mol. The van der Waals surface area contributed by atoms with Crippen LogP contribution in [0, 0.1) is 13.8 Å². The first kappa shape index (κ1) is 33.2. The second kappa shape index (κ2) is 15.5. The molecule has 0 saturated heterocycles. The summed E-state index contributed by atoms with van der Waals surface area (Å²) < 4.78 is 32.2. The predicted molar refractivity (Wildman–Crippen MR) is 200 cm³/mol. The van der Waals surface area contributed by atoms with E-state index in [9.17, 15) is 4.79 Å². The zero-order valence-electron chi connectivity index (χ0n) is 28.6. The Balaban J connectivity index is 1.34. The van der Waals surface area contributed by atoms with Crippen LogP contribution in [0.25, 0.3) is 22.3 Å². The minimum atomic E-state index is -0.319. The molecule has 7 aromatic rings. The Hall–Kier alpha value is -6.27. The Morgan fingerprint density at radius 3 is 1.45 bits per heavy atom. The molecule has 0 spiro atoms. The summed E-state index contributed by atoms with van der Waals surface area (Å²) >= 11 is 0. The topological polar surface area (TPSA) is 67.1 Å². The number of hydrogen-bond donors (Lipinski definition) is 0. The summed E-state index contributed by atoms with van der Waals surface area (Å²) in [6.45, 7) is 5.06. The molecule has 6 nitrogen and oxygen atoms in total. The summed E-state index contributed by atoms with van der Waals surface area (Å²) in [7, 11) is 0. The van der Waals surface area contributed by atoms with Gasteiger partial charge in [0, 0.05) is 11.1 Å². The number of rotatable bonds is 13.